The van der Waals surface area contributed by atoms with Gasteiger partial charge in [-0.05, 0) is 11.5 Å². The predicted molar refractivity (Wildman–Crippen MR) is 54.4 cm³/mol. The molecule has 0 aromatic carbocycles. The summed E-state index contributed by atoms with van der Waals surface area (Å²) in [6, 6.07) is 0. The van der Waals surface area contributed by atoms with Gasteiger partial charge in [0.2, 0.25) is 0 Å². The van der Waals surface area contributed by atoms with E-state index in [0.29, 0.717) is 5.92 Å². The van der Waals surface area contributed by atoms with E-state index in [1.807, 2.05) is 6.20 Å². The summed E-state index contributed by atoms with van der Waals surface area (Å²) in [4.78, 5) is 4.46. The molecule has 1 aliphatic heterocycles. The van der Waals surface area contributed by atoms with Crippen LogP contribution in [0.2, 0.25) is 0 Å². The van der Waals surface area contributed by atoms with Crippen LogP contribution in [0.4, 0.5) is 0 Å². The number of rotatable bonds is 1. The average Bonchev–Trinajstić information content (AvgIpc) is 2.30. The molecule has 0 unspecified atom stereocenters. The molecule has 0 radical (unpaired) electrons. The summed E-state index contributed by atoms with van der Waals surface area (Å²) < 4.78 is 0. The van der Waals surface area contributed by atoms with Gasteiger partial charge in [-0.25, -0.2) is 0 Å². The Hall–Kier alpha value is -0.590. The average molecular weight is 165 g/mol. The van der Waals surface area contributed by atoms with E-state index < -0.39 is 0 Å². The lowest BCUT2D eigenvalue weighted by molar-refractivity contribution is 0.581. The zero-order chi connectivity index (χ0) is 9.35. The molecule has 0 saturated carbocycles. The Bertz CT molecular complexity index is 226. The summed E-state index contributed by atoms with van der Waals surface area (Å²) >= 11 is 0. The fourth-order valence-corrected chi connectivity index (χ4v) is 1.26. The van der Waals surface area contributed by atoms with Crippen molar-refractivity contribution in [3.63, 3.8) is 0 Å². The van der Waals surface area contributed by atoms with Gasteiger partial charge in [0, 0.05) is 23.7 Å². The third-order valence-electron chi connectivity index (χ3n) is 2.37. The minimum absolute atomic E-state index is 0.243. The van der Waals surface area contributed by atoms with Crippen LogP contribution in [0.3, 0.4) is 0 Å². The first kappa shape index (κ1) is 9.50. The molecule has 0 atom stereocenters. The highest BCUT2D eigenvalue weighted by atomic mass is 14.8. The molecular weight excluding hydrogens is 146 g/mol. The van der Waals surface area contributed by atoms with Crippen LogP contribution in [0, 0.1) is 11.3 Å². The Balaban J connectivity index is 2.62. The molecule has 1 nitrogen and oxygen atoms in total. The molecule has 0 bridgehead atoms. The van der Waals surface area contributed by atoms with Crippen molar-refractivity contribution in [3.05, 3.63) is 11.8 Å². The minimum atomic E-state index is 0.243. The second-order valence-electron chi connectivity index (χ2n) is 4.86. The minimum Gasteiger partial charge on any atom is -0.265 e. The van der Waals surface area contributed by atoms with Crippen LogP contribution in [-0.2, 0) is 0 Å². The quantitative estimate of drug-likeness (QED) is 0.564. The van der Waals surface area contributed by atoms with E-state index in [-0.39, 0.29) is 5.41 Å². The number of allylic oxidation sites excluding steroid dienone is 1. The molecule has 0 aromatic rings. The van der Waals surface area contributed by atoms with E-state index in [9.17, 15) is 0 Å². The van der Waals surface area contributed by atoms with Crippen molar-refractivity contribution in [3.8, 4) is 0 Å². The second-order valence-corrected chi connectivity index (χ2v) is 4.86. The highest BCUT2D eigenvalue weighted by Crippen LogP contribution is 2.28. The van der Waals surface area contributed by atoms with E-state index >= 15 is 0 Å². The predicted octanol–water partition coefficient (Wildman–Crippen LogP) is 3.42. The zero-order valence-electron chi connectivity index (χ0n) is 8.81. The van der Waals surface area contributed by atoms with Crippen molar-refractivity contribution in [1.29, 1.82) is 0 Å². The van der Waals surface area contributed by atoms with Crippen LogP contribution < -0.4 is 0 Å². The zero-order valence-corrected chi connectivity index (χ0v) is 8.81. The van der Waals surface area contributed by atoms with Crippen molar-refractivity contribution < 1.29 is 0 Å². The maximum Gasteiger partial charge on any atom is 0.0273 e. The molecule has 1 rings (SSSR count). The van der Waals surface area contributed by atoms with Crippen LogP contribution in [0.1, 0.15) is 41.0 Å². The summed E-state index contributed by atoms with van der Waals surface area (Å²) in [6.07, 6.45) is 3.13. The Morgan fingerprint density at radius 3 is 2.17 bits per heavy atom. The standard InChI is InChI=1S/C11H19N/c1-8(2)9-6-10(12-7-9)11(3,4)5/h7-8H,6H2,1-5H3. The third kappa shape index (κ3) is 1.96. The van der Waals surface area contributed by atoms with Gasteiger partial charge in [0.1, 0.15) is 0 Å². The van der Waals surface area contributed by atoms with Gasteiger partial charge in [0.15, 0.2) is 0 Å². The number of hydrogen-bond donors (Lipinski definition) is 0. The largest absolute Gasteiger partial charge is 0.265 e. The fraction of sp³-hybridized carbons (Fsp3) is 0.727. The van der Waals surface area contributed by atoms with Crippen LogP contribution >= 0.6 is 0 Å². The van der Waals surface area contributed by atoms with Crippen molar-refractivity contribution in [1.82, 2.24) is 0 Å². The number of aliphatic imine (C=N–C) groups is 1. The SMILES string of the molecule is CC(C)C1=CN=C(C(C)(C)C)C1. The van der Waals surface area contributed by atoms with Gasteiger partial charge in [-0.3, -0.25) is 4.99 Å². The van der Waals surface area contributed by atoms with Crippen molar-refractivity contribution >= 4 is 5.71 Å². The molecular formula is C11H19N. The van der Waals surface area contributed by atoms with Gasteiger partial charge in [-0.15, -0.1) is 0 Å². The summed E-state index contributed by atoms with van der Waals surface area (Å²) in [5.74, 6) is 0.647. The van der Waals surface area contributed by atoms with Crippen molar-refractivity contribution in [2.45, 2.75) is 41.0 Å². The first-order chi connectivity index (χ1) is 5.41. The number of nitrogens with zero attached hydrogens (tertiary/aromatic N) is 1. The first-order valence-electron chi connectivity index (χ1n) is 4.67. The summed E-state index contributed by atoms with van der Waals surface area (Å²) in [7, 11) is 0. The van der Waals surface area contributed by atoms with E-state index in [1.165, 1.54) is 11.3 Å². The van der Waals surface area contributed by atoms with Crippen molar-refractivity contribution in [2.75, 3.05) is 0 Å². The maximum atomic E-state index is 4.46. The Kier molecular flexibility index (Phi) is 2.41. The van der Waals surface area contributed by atoms with Crippen molar-refractivity contribution in [2.24, 2.45) is 16.3 Å². The molecule has 0 spiro atoms. The van der Waals surface area contributed by atoms with Gasteiger partial charge in [-0.1, -0.05) is 34.6 Å². The molecule has 1 aliphatic rings. The molecule has 1 heterocycles. The summed E-state index contributed by atoms with van der Waals surface area (Å²) in [5.41, 5.74) is 3.04. The monoisotopic (exact) mass is 165 g/mol. The third-order valence-corrected chi connectivity index (χ3v) is 2.37. The topological polar surface area (TPSA) is 12.4 Å². The molecule has 12 heavy (non-hydrogen) atoms. The van der Waals surface area contributed by atoms with Crippen LogP contribution in [-0.4, -0.2) is 5.71 Å². The van der Waals surface area contributed by atoms with Crippen LogP contribution in [0.25, 0.3) is 0 Å². The molecule has 0 aliphatic carbocycles. The molecule has 0 aromatic heterocycles. The smallest absolute Gasteiger partial charge is 0.0273 e. The molecule has 68 valence electrons. The lowest BCUT2D eigenvalue weighted by Crippen LogP contribution is -2.19. The fourth-order valence-electron chi connectivity index (χ4n) is 1.26. The van der Waals surface area contributed by atoms with E-state index in [4.69, 9.17) is 0 Å². The van der Waals surface area contributed by atoms with Gasteiger partial charge < -0.3 is 0 Å². The maximum absolute atomic E-state index is 4.46. The second kappa shape index (κ2) is 3.04. The molecule has 0 saturated heterocycles. The molecule has 0 N–H and O–H groups in total. The Labute approximate surface area is 75.6 Å². The highest BCUT2D eigenvalue weighted by molar-refractivity contribution is 5.93. The Morgan fingerprint density at radius 2 is 1.92 bits per heavy atom. The van der Waals surface area contributed by atoms with Crippen LogP contribution in [0.5, 0.6) is 0 Å². The Morgan fingerprint density at radius 1 is 1.33 bits per heavy atom. The van der Waals surface area contributed by atoms with E-state index in [2.05, 4.69) is 39.6 Å². The molecule has 0 fully saturated rings. The van der Waals surface area contributed by atoms with Gasteiger partial charge >= 0.3 is 0 Å². The van der Waals surface area contributed by atoms with E-state index in [0.717, 1.165) is 6.42 Å². The lowest BCUT2D eigenvalue weighted by atomic mass is 9.85. The summed E-state index contributed by atoms with van der Waals surface area (Å²) in [5, 5.41) is 0. The molecule has 1 heteroatoms. The molecule has 0 amide bonds. The van der Waals surface area contributed by atoms with Gasteiger partial charge in [0.05, 0.1) is 0 Å². The lowest BCUT2D eigenvalue weighted by Gasteiger charge is -2.19. The first-order valence-corrected chi connectivity index (χ1v) is 4.67. The van der Waals surface area contributed by atoms with Gasteiger partial charge in [0.25, 0.3) is 0 Å². The number of hydrogen-bond acceptors (Lipinski definition) is 1. The van der Waals surface area contributed by atoms with E-state index in [1.54, 1.807) is 0 Å². The summed E-state index contributed by atoms with van der Waals surface area (Å²) in [6.45, 7) is 11.1. The van der Waals surface area contributed by atoms with Gasteiger partial charge in [-0.2, -0.15) is 0 Å². The normalized spacial score (nSPS) is 18.2. The van der Waals surface area contributed by atoms with Crippen LogP contribution in [0.15, 0.2) is 16.8 Å². The highest BCUT2D eigenvalue weighted by Gasteiger charge is 2.23.